The molecular weight excluding hydrogens is 432 g/mol. The molecule has 35 heavy (non-hydrogen) atoms. The molecule has 5 rings (SSSR count). The van der Waals surface area contributed by atoms with Gasteiger partial charge in [-0.1, -0.05) is 46.8 Å². The average Bonchev–Trinajstić information content (AvgIpc) is 3.41. The van der Waals surface area contributed by atoms with Crippen LogP contribution in [-0.2, 0) is 14.3 Å². The highest BCUT2D eigenvalue weighted by molar-refractivity contribution is 5.86. The van der Waals surface area contributed by atoms with Crippen LogP contribution in [0.1, 0.15) is 112 Å². The first-order chi connectivity index (χ1) is 16.3. The lowest BCUT2D eigenvalue weighted by Gasteiger charge is -2.62. The number of hydrogen-bond acceptors (Lipinski definition) is 3. The van der Waals surface area contributed by atoms with E-state index in [4.69, 9.17) is 4.74 Å². The number of rotatable bonds is 6. The second kappa shape index (κ2) is 7.94. The molecule has 3 heteroatoms. The Balaban J connectivity index is 1.33. The van der Waals surface area contributed by atoms with Gasteiger partial charge >= 0.3 is 5.97 Å². The van der Waals surface area contributed by atoms with Gasteiger partial charge in [-0.3, -0.25) is 9.59 Å². The molecule has 2 spiro atoms. The molecular formula is C32H50O3. The number of fused-ring (bicyclic) bond motifs is 2. The molecule has 5 aliphatic carbocycles. The molecule has 0 bridgehead atoms. The molecule has 0 aromatic heterocycles. The Morgan fingerprint density at radius 2 is 1.63 bits per heavy atom. The zero-order chi connectivity index (χ0) is 25.6. The maximum Gasteiger partial charge on any atom is 0.312 e. The number of hydrogen-bond donors (Lipinski definition) is 0. The average molecular weight is 483 g/mol. The summed E-state index contributed by atoms with van der Waals surface area (Å²) >= 11 is 0. The Hall–Kier alpha value is -1.12. The number of ketones is 1. The zero-order valence-corrected chi connectivity index (χ0v) is 23.6. The van der Waals surface area contributed by atoms with Crippen molar-refractivity contribution in [3.63, 3.8) is 0 Å². The van der Waals surface area contributed by atoms with Gasteiger partial charge in [0.1, 0.15) is 5.78 Å². The van der Waals surface area contributed by atoms with Gasteiger partial charge in [-0.05, 0) is 116 Å². The van der Waals surface area contributed by atoms with E-state index in [9.17, 15) is 9.59 Å². The molecule has 0 aromatic carbocycles. The lowest BCUT2D eigenvalue weighted by atomic mass is 9.42. The van der Waals surface area contributed by atoms with Gasteiger partial charge in [-0.15, -0.1) is 0 Å². The van der Waals surface area contributed by atoms with Crippen LogP contribution in [0.4, 0.5) is 0 Å². The SMILES string of the molecule is C=C(CC[C@@H](C)[C@H]1CC[C@@]2(C)[C@@H]3CC[C@H]4C(C)(C)C(=O)CC[C@@]45C[C@@]35CC[C@]12C)[C@@H](C)C(=O)OC. The Bertz CT molecular complexity index is 933. The maximum absolute atomic E-state index is 12.9. The van der Waals surface area contributed by atoms with E-state index in [1.807, 2.05) is 6.92 Å². The van der Waals surface area contributed by atoms with Gasteiger partial charge in [0.05, 0.1) is 13.0 Å². The number of carbonyl (C=O) groups excluding carboxylic acids is 2. The fourth-order valence-electron chi connectivity index (χ4n) is 11.3. The molecule has 196 valence electrons. The second-order valence-electron chi connectivity index (χ2n) is 14.7. The fourth-order valence-corrected chi connectivity index (χ4v) is 11.3. The predicted molar refractivity (Wildman–Crippen MR) is 141 cm³/mol. The summed E-state index contributed by atoms with van der Waals surface area (Å²) in [5.74, 6) is 3.00. The van der Waals surface area contributed by atoms with E-state index < -0.39 is 0 Å². The zero-order valence-electron chi connectivity index (χ0n) is 23.6. The maximum atomic E-state index is 12.9. The third-order valence-electron chi connectivity index (χ3n) is 13.7. The molecule has 9 atom stereocenters. The largest absolute Gasteiger partial charge is 0.469 e. The second-order valence-corrected chi connectivity index (χ2v) is 14.7. The Morgan fingerprint density at radius 1 is 0.971 bits per heavy atom. The highest BCUT2D eigenvalue weighted by atomic mass is 16.5. The summed E-state index contributed by atoms with van der Waals surface area (Å²) in [4.78, 5) is 24.8. The normalized spacial score (nSPS) is 46.9. The minimum atomic E-state index is -0.209. The summed E-state index contributed by atoms with van der Waals surface area (Å²) in [7, 11) is 1.47. The Morgan fingerprint density at radius 3 is 2.31 bits per heavy atom. The summed E-state index contributed by atoms with van der Waals surface area (Å²) < 4.78 is 4.94. The lowest BCUT2D eigenvalue weighted by Crippen LogP contribution is -2.57. The van der Waals surface area contributed by atoms with Crippen LogP contribution in [0, 0.1) is 56.7 Å². The standard InChI is InChI=1S/C32H50O3/c1-20(22(3)27(34)35-8)9-10-21(2)23-13-15-30(7)25-12-11-24-28(4,5)26(33)14-16-31(24)19-32(25,31)18-17-29(23,30)6/h21-25H,1,9-19H2,2-8H3/t21-,22-,23-,24+,25+,29-,30+,31-,32+/m1/s1. The van der Waals surface area contributed by atoms with Crippen LogP contribution in [-0.4, -0.2) is 18.9 Å². The van der Waals surface area contributed by atoms with Crippen molar-refractivity contribution in [3.8, 4) is 0 Å². The van der Waals surface area contributed by atoms with Crippen LogP contribution in [0.25, 0.3) is 0 Å². The van der Waals surface area contributed by atoms with Gasteiger partial charge in [-0.2, -0.15) is 0 Å². The van der Waals surface area contributed by atoms with Crippen molar-refractivity contribution in [2.45, 2.75) is 112 Å². The third kappa shape index (κ3) is 3.14. The van der Waals surface area contributed by atoms with Gasteiger partial charge in [0.15, 0.2) is 0 Å². The third-order valence-corrected chi connectivity index (χ3v) is 13.7. The Labute approximate surface area is 214 Å². The van der Waals surface area contributed by atoms with E-state index in [0.717, 1.165) is 36.7 Å². The van der Waals surface area contributed by atoms with Gasteiger partial charge in [0.25, 0.3) is 0 Å². The number of methoxy groups -OCH3 is 1. The topological polar surface area (TPSA) is 43.4 Å². The highest BCUT2D eigenvalue weighted by Gasteiger charge is 2.82. The van der Waals surface area contributed by atoms with Crippen molar-refractivity contribution in [2.24, 2.45) is 56.7 Å². The van der Waals surface area contributed by atoms with E-state index in [1.165, 1.54) is 58.5 Å². The van der Waals surface area contributed by atoms with Gasteiger partial charge in [-0.25, -0.2) is 0 Å². The van der Waals surface area contributed by atoms with Crippen molar-refractivity contribution in [3.05, 3.63) is 12.2 Å². The van der Waals surface area contributed by atoms with Gasteiger partial charge in [0.2, 0.25) is 0 Å². The fraction of sp³-hybridized carbons (Fsp3) is 0.875. The smallest absolute Gasteiger partial charge is 0.312 e. The Kier molecular flexibility index (Phi) is 5.79. The number of esters is 1. The molecule has 0 unspecified atom stereocenters. The molecule has 5 aliphatic rings. The molecule has 0 amide bonds. The van der Waals surface area contributed by atoms with E-state index in [-0.39, 0.29) is 17.3 Å². The highest BCUT2D eigenvalue weighted by Crippen LogP contribution is 2.88. The predicted octanol–water partition coefficient (Wildman–Crippen LogP) is 7.78. The van der Waals surface area contributed by atoms with Crippen molar-refractivity contribution >= 4 is 11.8 Å². The van der Waals surface area contributed by atoms with Crippen molar-refractivity contribution in [2.75, 3.05) is 7.11 Å². The van der Waals surface area contributed by atoms with Crippen molar-refractivity contribution < 1.29 is 14.3 Å². The molecule has 0 N–H and O–H groups in total. The molecule has 5 saturated carbocycles. The minimum Gasteiger partial charge on any atom is -0.469 e. The van der Waals surface area contributed by atoms with Crippen molar-refractivity contribution in [1.29, 1.82) is 0 Å². The first-order valence-corrected chi connectivity index (χ1v) is 14.6. The molecule has 0 aliphatic heterocycles. The van der Waals surface area contributed by atoms with E-state index in [2.05, 4.69) is 41.2 Å². The van der Waals surface area contributed by atoms with Crippen LogP contribution >= 0.6 is 0 Å². The lowest BCUT2D eigenvalue weighted by molar-refractivity contribution is -0.157. The monoisotopic (exact) mass is 482 g/mol. The van der Waals surface area contributed by atoms with E-state index in [1.54, 1.807) is 0 Å². The molecule has 0 radical (unpaired) electrons. The first kappa shape index (κ1) is 25.5. The summed E-state index contributed by atoms with van der Waals surface area (Å²) in [6.45, 7) is 18.5. The van der Waals surface area contributed by atoms with E-state index >= 15 is 0 Å². The minimum absolute atomic E-state index is 0.120. The summed E-state index contributed by atoms with van der Waals surface area (Å²) in [5, 5.41) is 0. The van der Waals surface area contributed by atoms with Gasteiger partial charge < -0.3 is 4.74 Å². The summed E-state index contributed by atoms with van der Waals surface area (Å²) in [5.41, 5.74) is 2.69. The molecule has 5 fully saturated rings. The van der Waals surface area contributed by atoms with Crippen LogP contribution in [0.5, 0.6) is 0 Å². The molecule has 0 heterocycles. The number of carbonyl (C=O) groups is 2. The number of ether oxygens (including phenoxy) is 1. The molecule has 0 aromatic rings. The van der Waals surface area contributed by atoms with E-state index in [0.29, 0.717) is 39.3 Å². The quantitative estimate of drug-likeness (QED) is 0.287. The molecule has 0 saturated heterocycles. The van der Waals surface area contributed by atoms with Gasteiger partial charge in [0, 0.05) is 11.8 Å². The molecule has 3 nitrogen and oxygen atoms in total. The first-order valence-electron chi connectivity index (χ1n) is 14.6. The van der Waals surface area contributed by atoms with Crippen molar-refractivity contribution in [1.82, 2.24) is 0 Å². The van der Waals surface area contributed by atoms with Crippen LogP contribution in [0.2, 0.25) is 0 Å². The summed E-state index contributed by atoms with van der Waals surface area (Å²) in [6, 6.07) is 0. The summed E-state index contributed by atoms with van der Waals surface area (Å²) in [6.07, 6.45) is 13.5. The number of Topliss-reactive ketones (excluding diaryl/α,β-unsaturated/α-hetero) is 1. The van der Waals surface area contributed by atoms with Crippen LogP contribution < -0.4 is 0 Å². The van der Waals surface area contributed by atoms with Crippen LogP contribution in [0.15, 0.2) is 12.2 Å². The van der Waals surface area contributed by atoms with Crippen LogP contribution in [0.3, 0.4) is 0 Å².